The van der Waals surface area contributed by atoms with Crippen molar-refractivity contribution < 1.29 is 39.8 Å². The minimum atomic E-state index is -1.58. The van der Waals surface area contributed by atoms with Crippen LogP contribution >= 0.6 is 0 Å². The first kappa shape index (κ1) is 70.9. The third-order valence-corrected chi connectivity index (χ3v) is 14.1. The van der Waals surface area contributed by atoms with Gasteiger partial charge in [-0.3, -0.25) is 4.79 Å². The lowest BCUT2D eigenvalue weighted by molar-refractivity contribution is -0.302. The Bertz CT molecular complexity index is 1560. The summed E-state index contributed by atoms with van der Waals surface area (Å²) in [5, 5.41) is 54.3. The van der Waals surface area contributed by atoms with Gasteiger partial charge in [-0.2, -0.15) is 0 Å². The molecule has 436 valence electrons. The Kier molecular flexibility index (Phi) is 51.4. The van der Waals surface area contributed by atoms with E-state index >= 15 is 0 Å². The topological polar surface area (TPSA) is 149 Å². The summed E-state index contributed by atoms with van der Waals surface area (Å²) in [7, 11) is 0. The molecule has 0 aromatic rings. The van der Waals surface area contributed by atoms with Gasteiger partial charge in [0.1, 0.15) is 24.4 Å². The van der Waals surface area contributed by atoms with Gasteiger partial charge in [0, 0.05) is 6.42 Å². The van der Waals surface area contributed by atoms with Crippen LogP contribution in [0.15, 0.2) is 109 Å². The van der Waals surface area contributed by atoms with Crippen molar-refractivity contribution in [2.75, 3.05) is 13.2 Å². The van der Waals surface area contributed by atoms with Gasteiger partial charge in [0.05, 0.1) is 25.4 Å². The van der Waals surface area contributed by atoms with Gasteiger partial charge in [-0.05, 0) is 89.9 Å². The number of rotatable bonds is 52. The van der Waals surface area contributed by atoms with Gasteiger partial charge in [-0.1, -0.05) is 264 Å². The second-order valence-electron chi connectivity index (χ2n) is 21.1. The Morgan fingerprint density at radius 3 is 1.26 bits per heavy atom. The molecule has 9 nitrogen and oxygen atoms in total. The van der Waals surface area contributed by atoms with Crippen LogP contribution in [0, 0.1) is 0 Å². The van der Waals surface area contributed by atoms with Crippen molar-refractivity contribution in [1.82, 2.24) is 5.32 Å². The highest BCUT2D eigenvalue weighted by Crippen LogP contribution is 2.23. The number of ether oxygens (including phenoxy) is 2. The van der Waals surface area contributed by atoms with E-state index in [0.717, 1.165) is 89.9 Å². The number of aliphatic hydroxyl groups excluding tert-OH is 5. The summed E-state index contributed by atoms with van der Waals surface area (Å²) >= 11 is 0. The molecule has 7 unspecified atom stereocenters. The molecule has 1 aliphatic rings. The van der Waals surface area contributed by atoms with Crippen LogP contribution in [0.1, 0.15) is 251 Å². The van der Waals surface area contributed by atoms with Gasteiger partial charge in [0.15, 0.2) is 6.29 Å². The van der Waals surface area contributed by atoms with Gasteiger partial charge < -0.3 is 40.3 Å². The van der Waals surface area contributed by atoms with Crippen molar-refractivity contribution in [2.24, 2.45) is 0 Å². The Balaban J connectivity index is 2.04. The standard InChI is InChI=1S/C67H115NO8/c1-3-5-7-9-11-13-15-17-18-19-20-21-22-23-24-25-26-27-28-29-30-31-32-33-34-35-36-37-38-39-40-41-42-43-44-45-47-49-51-53-55-57-63(71)68-60(59-75-67-66(74)65(73)64(72)62(58-69)76-67)61(70)56-54-52-50-48-46-16-14-12-10-8-6-4-2/h5,7,10-13,17-18,20-21,23-24,26-27,46,48,54,56,60-62,64-67,69-70,72-74H,3-4,6,8-9,14-16,19,22,25,28-45,47,49-53,55,57-59H2,1-2H3,(H,68,71)/b7-5-,12-10+,13-11-,18-17-,21-20-,24-23-,27-26-,48-46+,56-54+. The summed E-state index contributed by atoms with van der Waals surface area (Å²) in [5.74, 6) is -0.192. The van der Waals surface area contributed by atoms with E-state index in [0.29, 0.717) is 6.42 Å². The predicted molar refractivity (Wildman–Crippen MR) is 322 cm³/mol. The summed E-state index contributed by atoms with van der Waals surface area (Å²) in [6, 6.07) is -0.830. The van der Waals surface area contributed by atoms with Gasteiger partial charge in [0.25, 0.3) is 0 Å². The van der Waals surface area contributed by atoms with Gasteiger partial charge >= 0.3 is 0 Å². The number of nitrogens with one attached hydrogen (secondary N) is 1. The molecule has 1 aliphatic heterocycles. The molecule has 0 spiro atoms. The Hall–Kier alpha value is -3.15. The first-order valence-corrected chi connectivity index (χ1v) is 31.1. The molecule has 76 heavy (non-hydrogen) atoms. The maximum Gasteiger partial charge on any atom is 0.220 e. The molecule has 1 amide bonds. The normalized spacial score (nSPS) is 19.6. The molecular formula is C67H115NO8. The molecule has 1 fully saturated rings. The Labute approximate surface area is 466 Å². The quantitative estimate of drug-likeness (QED) is 0.0261. The lowest BCUT2D eigenvalue weighted by Crippen LogP contribution is -2.60. The van der Waals surface area contributed by atoms with Gasteiger partial charge in [-0.15, -0.1) is 0 Å². The molecule has 7 atom stereocenters. The largest absolute Gasteiger partial charge is 0.394 e. The number of amides is 1. The SMILES string of the molecule is CC/C=C\C/C=C\C/C=C\C/C=C\C/C=C\C/C=C\CCCCCCCCCCCCCCCCCCCCCCCCC(=O)NC(COC1OC(CO)C(O)C(O)C1O)C(O)/C=C/CC/C=C/CC/C=C/CCCC. The molecule has 0 radical (unpaired) electrons. The van der Waals surface area contributed by atoms with E-state index in [1.807, 2.05) is 6.08 Å². The number of aliphatic hydroxyl groups is 5. The van der Waals surface area contributed by atoms with Crippen LogP contribution in [0.2, 0.25) is 0 Å². The van der Waals surface area contributed by atoms with Gasteiger partial charge in [0.2, 0.25) is 5.91 Å². The lowest BCUT2D eigenvalue weighted by Gasteiger charge is -2.40. The smallest absolute Gasteiger partial charge is 0.220 e. The third kappa shape index (κ3) is 43.8. The number of hydrogen-bond donors (Lipinski definition) is 6. The zero-order chi connectivity index (χ0) is 55.0. The Morgan fingerprint density at radius 1 is 0.461 bits per heavy atom. The molecule has 1 saturated heterocycles. The summed E-state index contributed by atoms with van der Waals surface area (Å²) in [6.45, 7) is 3.59. The van der Waals surface area contributed by atoms with Crippen molar-refractivity contribution in [3.05, 3.63) is 109 Å². The zero-order valence-corrected chi connectivity index (χ0v) is 48.5. The predicted octanol–water partition coefficient (Wildman–Crippen LogP) is 16.1. The first-order valence-electron chi connectivity index (χ1n) is 31.1. The molecule has 0 aromatic carbocycles. The highest BCUT2D eigenvalue weighted by Gasteiger charge is 2.44. The molecule has 0 bridgehead atoms. The van der Waals surface area contributed by atoms with Gasteiger partial charge in [-0.25, -0.2) is 0 Å². The number of allylic oxidation sites excluding steroid dienone is 17. The van der Waals surface area contributed by atoms with E-state index in [2.05, 4.69) is 116 Å². The molecule has 1 heterocycles. The van der Waals surface area contributed by atoms with Crippen molar-refractivity contribution in [2.45, 2.75) is 294 Å². The van der Waals surface area contributed by atoms with Crippen molar-refractivity contribution >= 4 is 5.91 Å². The van der Waals surface area contributed by atoms with Crippen molar-refractivity contribution in [3.63, 3.8) is 0 Å². The minimum Gasteiger partial charge on any atom is -0.394 e. The number of carbonyl (C=O) groups excluding carboxylic acids is 1. The summed E-state index contributed by atoms with van der Waals surface area (Å²) < 4.78 is 11.2. The maximum absolute atomic E-state index is 13.0. The van der Waals surface area contributed by atoms with E-state index in [4.69, 9.17) is 9.47 Å². The molecular weight excluding hydrogens is 947 g/mol. The fourth-order valence-electron chi connectivity index (χ4n) is 9.18. The fraction of sp³-hybridized carbons (Fsp3) is 0.716. The second kappa shape index (κ2) is 55.2. The van der Waals surface area contributed by atoms with Crippen LogP contribution in [-0.2, 0) is 14.3 Å². The van der Waals surface area contributed by atoms with Crippen molar-refractivity contribution in [3.8, 4) is 0 Å². The van der Waals surface area contributed by atoms with Crippen LogP contribution < -0.4 is 5.32 Å². The van der Waals surface area contributed by atoms with Crippen LogP contribution in [0.25, 0.3) is 0 Å². The number of unbranched alkanes of at least 4 members (excludes halogenated alkanes) is 26. The highest BCUT2D eigenvalue weighted by molar-refractivity contribution is 5.76. The fourth-order valence-corrected chi connectivity index (χ4v) is 9.18. The van der Waals surface area contributed by atoms with Crippen LogP contribution in [-0.4, -0.2) is 87.5 Å². The monoisotopic (exact) mass is 1060 g/mol. The van der Waals surface area contributed by atoms with E-state index < -0.39 is 49.5 Å². The highest BCUT2D eigenvalue weighted by atomic mass is 16.7. The minimum absolute atomic E-state index is 0.192. The summed E-state index contributed by atoms with van der Waals surface area (Å²) in [6.07, 6.45) is 74.8. The van der Waals surface area contributed by atoms with Crippen LogP contribution in [0.5, 0.6) is 0 Å². The molecule has 6 N–H and O–H groups in total. The molecule has 0 saturated carbocycles. The third-order valence-electron chi connectivity index (χ3n) is 14.1. The first-order chi connectivity index (χ1) is 37.3. The lowest BCUT2D eigenvalue weighted by atomic mass is 9.99. The average molecular weight is 1060 g/mol. The van der Waals surface area contributed by atoms with E-state index in [1.54, 1.807) is 6.08 Å². The van der Waals surface area contributed by atoms with Crippen LogP contribution in [0.4, 0.5) is 0 Å². The van der Waals surface area contributed by atoms with E-state index in [9.17, 15) is 30.3 Å². The summed E-state index contributed by atoms with van der Waals surface area (Å²) in [5.41, 5.74) is 0. The van der Waals surface area contributed by atoms with Crippen LogP contribution in [0.3, 0.4) is 0 Å². The molecule has 0 aliphatic carbocycles. The second-order valence-corrected chi connectivity index (χ2v) is 21.1. The average Bonchev–Trinajstić information content (AvgIpc) is 3.42. The summed E-state index contributed by atoms with van der Waals surface area (Å²) in [4.78, 5) is 13.0. The molecule has 9 heteroatoms. The molecule has 1 rings (SSSR count). The van der Waals surface area contributed by atoms with E-state index in [-0.39, 0.29) is 12.5 Å². The molecule has 0 aromatic heterocycles. The van der Waals surface area contributed by atoms with Crippen molar-refractivity contribution in [1.29, 1.82) is 0 Å². The zero-order valence-electron chi connectivity index (χ0n) is 48.5. The van der Waals surface area contributed by atoms with E-state index in [1.165, 1.54) is 141 Å². The Morgan fingerprint density at radius 2 is 0.829 bits per heavy atom. The number of hydrogen-bond acceptors (Lipinski definition) is 8. The number of carbonyl (C=O) groups is 1. The maximum atomic E-state index is 13.0.